The lowest BCUT2D eigenvalue weighted by molar-refractivity contribution is -0.121. The summed E-state index contributed by atoms with van der Waals surface area (Å²) in [5, 5.41) is 13.0. The summed E-state index contributed by atoms with van der Waals surface area (Å²) in [5.74, 6) is 0.895. The highest BCUT2D eigenvalue weighted by Crippen LogP contribution is 2.19. The molecule has 0 bridgehead atoms. The molecular formula is C22H24N2O4. The van der Waals surface area contributed by atoms with Crippen LogP contribution < -0.4 is 15.6 Å². The number of aromatic nitrogens is 1. The van der Waals surface area contributed by atoms with E-state index in [0.717, 1.165) is 35.1 Å². The van der Waals surface area contributed by atoms with Gasteiger partial charge in [0.25, 0.3) is 5.56 Å². The molecule has 1 aromatic heterocycles. The molecule has 6 nitrogen and oxygen atoms in total. The van der Waals surface area contributed by atoms with E-state index < -0.39 is 0 Å². The predicted molar refractivity (Wildman–Crippen MR) is 109 cm³/mol. The van der Waals surface area contributed by atoms with Gasteiger partial charge in [0, 0.05) is 29.4 Å². The Hall–Kier alpha value is -3.28. The van der Waals surface area contributed by atoms with Crippen LogP contribution in [0.15, 0.2) is 53.3 Å². The number of carbonyl (C=O) groups excluding carboxylic acids is 1. The number of aryl methyl sites for hydroxylation is 2. The van der Waals surface area contributed by atoms with Crippen molar-refractivity contribution in [3.05, 3.63) is 70.0 Å². The molecule has 0 radical (unpaired) electrons. The number of methoxy groups -OCH3 is 1. The SMILES string of the molecule is COc1ccc2[nH]c(=O)c(CCC(=O)NCCCc3ccc(O)cc3)cc2c1. The minimum absolute atomic E-state index is 0.0733. The second kappa shape index (κ2) is 9.08. The number of hydrogen-bond donors (Lipinski definition) is 3. The number of carbonyl (C=O) groups is 1. The first-order valence-corrected chi connectivity index (χ1v) is 9.30. The minimum Gasteiger partial charge on any atom is -0.508 e. The van der Waals surface area contributed by atoms with Crippen molar-refractivity contribution < 1.29 is 14.6 Å². The fourth-order valence-corrected chi connectivity index (χ4v) is 3.06. The molecule has 3 N–H and O–H groups in total. The topological polar surface area (TPSA) is 91.4 Å². The summed E-state index contributed by atoms with van der Waals surface area (Å²) in [6.45, 7) is 0.574. The molecule has 28 heavy (non-hydrogen) atoms. The highest BCUT2D eigenvalue weighted by Gasteiger charge is 2.07. The number of aromatic hydroxyl groups is 1. The zero-order valence-corrected chi connectivity index (χ0v) is 15.8. The number of H-pyrrole nitrogens is 1. The molecule has 3 rings (SSSR count). The first-order valence-electron chi connectivity index (χ1n) is 9.30. The monoisotopic (exact) mass is 380 g/mol. The molecule has 0 spiro atoms. The third-order valence-corrected chi connectivity index (χ3v) is 4.65. The number of hydrogen-bond acceptors (Lipinski definition) is 4. The fourth-order valence-electron chi connectivity index (χ4n) is 3.06. The second-order valence-electron chi connectivity index (χ2n) is 6.70. The van der Waals surface area contributed by atoms with E-state index in [1.807, 2.05) is 24.3 Å². The van der Waals surface area contributed by atoms with Gasteiger partial charge in [-0.1, -0.05) is 12.1 Å². The van der Waals surface area contributed by atoms with Gasteiger partial charge >= 0.3 is 0 Å². The number of benzene rings is 2. The van der Waals surface area contributed by atoms with E-state index in [1.165, 1.54) is 0 Å². The smallest absolute Gasteiger partial charge is 0.251 e. The number of ether oxygens (including phenoxy) is 1. The van der Waals surface area contributed by atoms with Gasteiger partial charge < -0.3 is 20.1 Å². The lowest BCUT2D eigenvalue weighted by atomic mass is 10.1. The molecule has 0 aliphatic carbocycles. The van der Waals surface area contributed by atoms with Crippen LogP contribution in [0.2, 0.25) is 0 Å². The van der Waals surface area contributed by atoms with E-state index in [0.29, 0.717) is 18.5 Å². The summed E-state index contributed by atoms with van der Waals surface area (Å²) in [4.78, 5) is 27.1. The van der Waals surface area contributed by atoms with Crippen LogP contribution in [0.3, 0.4) is 0 Å². The lowest BCUT2D eigenvalue weighted by Crippen LogP contribution is -2.26. The van der Waals surface area contributed by atoms with Crippen LogP contribution in [0.1, 0.15) is 24.0 Å². The summed E-state index contributed by atoms with van der Waals surface area (Å²) < 4.78 is 5.21. The number of aromatic amines is 1. The number of rotatable bonds is 8. The third-order valence-electron chi connectivity index (χ3n) is 4.65. The zero-order valence-electron chi connectivity index (χ0n) is 15.8. The normalized spacial score (nSPS) is 10.8. The molecular weight excluding hydrogens is 356 g/mol. The molecule has 0 unspecified atom stereocenters. The van der Waals surface area contributed by atoms with Gasteiger partial charge in [-0.05, 0) is 61.2 Å². The van der Waals surface area contributed by atoms with Gasteiger partial charge in [0.15, 0.2) is 0 Å². The van der Waals surface area contributed by atoms with Gasteiger partial charge in [-0.25, -0.2) is 0 Å². The van der Waals surface area contributed by atoms with E-state index >= 15 is 0 Å². The Labute approximate surface area is 163 Å². The van der Waals surface area contributed by atoms with E-state index in [1.54, 1.807) is 31.4 Å². The molecule has 6 heteroatoms. The molecule has 2 aromatic carbocycles. The van der Waals surface area contributed by atoms with E-state index in [2.05, 4.69) is 10.3 Å². The lowest BCUT2D eigenvalue weighted by Gasteiger charge is -2.07. The van der Waals surface area contributed by atoms with Crippen molar-refractivity contribution in [3.8, 4) is 11.5 Å². The van der Waals surface area contributed by atoms with Crippen molar-refractivity contribution in [1.82, 2.24) is 10.3 Å². The predicted octanol–water partition coefficient (Wildman–Crippen LogP) is 2.92. The van der Waals surface area contributed by atoms with Crippen molar-refractivity contribution in [1.29, 1.82) is 0 Å². The van der Waals surface area contributed by atoms with Gasteiger partial charge in [-0.2, -0.15) is 0 Å². The van der Waals surface area contributed by atoms with E-state index in [-0.39, 0.29) is 23.6 Å². The molecule has 3 aromatic rings. The molecule has 1 heterocycles. The standard InChI is InChI=1S/C22H24N2O4/c1-28-19-9-10-20-17(14-19)13-16(22(27)24-20)6-11-21(26)23-12-2-3-15-4-7-18(25)8-5-15/h4-5,7-10,13-14,25H,2-3,6,11-12H2,1H3,(H,23,26)(H,24,27). The summed E-state index contributed by atoms with van der Waals surface area (Å²) in [7, 11) is 1.60. The van der Waals surface area contributed by atoms with Crippen molar-refractivity contribution in [2.45, 2.75) is 25.7 Å². The van der Waals surface area contributed by atoms with Crippen LogP contribution in [-0.2, 0) is 17.6 Å². The van der Waals surface area contributed by atoms with Gasteiger partial charge in [0.05, 0.1) is 7.11 Å². The number of nitrogens with one attached hydrogen (secondary N) is 2. The van der Waals surface area contributed by atoms with Crippen molar-refractivity contribution in [3.63, 3.8) is 0 Å². The van der Waals surface area contributed by atoms with Gasteiger partial charge in [0.2, 0.25) is 5.91 Å². The maximum absolute atomic E-state index is 12.2. The zero-order chi connectivity index (χ0) is 19.9. The third kappa shape index (κ3) is 5.13. The number of pyridine rings is 1. The number of fused-ring (bicyclic) bond motifs is 1. The van der Waals surface area contributed by atoms with Crippen molar-refractivity contribution in [2.75, 3.05) is 13.7 Å². The number of phenols is 1. The number of phenolic OH excluding ortho intramolecular Hbond substituents is 1. The highest BCUT2D eigenvalue weighted by molar-refractivity contribution is 5.81. The van der Waals surface area contributed by atoms with Gasteiger partial charge in [-0.3, -0.25) is 9.59 Å². The van der Waals surface area contributed by atoms with Crippen LogP contribution in [0.4, 0.5) is 0 Å². The van der Waals surface area contributed by atoms with E-state index in [4.69, 9.17) is 4.74 Å². The molecule has 146 valence electrons. The van der Waals surface area contributed by atoms with Crippen LogP contribution in [0, 0.1) is 0 Å². The largest absolute Gasteiger partial charge is 0.508 e. The van der Waals surface area contributed by atoms with Gasteiger partial charge in [-0.15, -0.1) is 0 Å². The molecule has 0 aliphatic heterocycles. The Morgan fingerprint density at radius 1 is 1.11 bits per heavy atom. The van der Waals surface area contributed by atoms with Crippen molar-refractivity contribution in [2.24, 2.45) is 0 Å². The second-order valence-corrected chi connectivity index (χ2v) is 6.70. The summed E-state index contributed by atoms with van der Waals surface area (Å²) in [6.07, 6.45) is 2.28. The van der Waals surface area contributed by atoms with Crippen molar-refractivity contribution >= 4 is 16.8 Å². The Morgan fingerprint density at radius 2 is 1.89 bits per heavy atom. The van der Waals surface area contributed by atoms with Crippen LogP contribution >= 0.6 is 0 Å². The maximum atomic E-state index is 12.2. The van der Waals surface area contributed by atoms with Crippen LogP contribution in [0.5, 0.6) is 11.5 Å². The molecule has 1 amide bonds. The van der Waals surface area contributed by atoms with E-state index in [9.17, 15) is 14.7 Å². The molecule has 0 fully saturated rings. The quantitative estimate of drug-likeness (QED) is 0.524. The number of amides is 1. The fraction of sp³-hybridized carbons (Fsp3) is 0.273. The molecule has 0 aliphatic rings. The molecule has 0 saturated carbocycles. The summed E-state index contributed by atoms with van der Waals surface area (Å²) in [5.41, 5.74) is 2.27. The molecule has 0 atom stereocenters. The summed E-state index contributed by atoms with van der Waals surface area (Å²) >= 11 is 0. The highest BCUT2D eigenvalue weighted by atomic mass is 16.5. The average molecular weight is 380 g/mol. The first kappa shape index (κ1) is 19.5. The van der Waals surface area contributed by atoms with Gasteiger partial charge in [0.1, 0.15) is 11.5 Å². The Morgan fingerprint density at radius 3 is 2.64 bits per heavy atom. The summed E-state index contributed by atoms with van der Waals surface area (Å²) in [6, 6.07) is 14.3. The van der Waals surface area contributed by atoms with Crippen LogP contribution in [0.25, 0.3) is 10.9 Å². The Kier molecular flexibility index (Phi) is 6.32. The van der Waals surface area contributed by atoms with Crippen LogP contribution in [-0.4, -0.2) is 29.7 Å². The average Bonchev–Trinajstić information content (AvgIpc) is 2.70. The Bertz CT molecular complexity index is 1010. The first-order chi connectivity index (χ1) is 13.5. The minimum atomic E-state index is -0.169. The Balaban J connectivity index is 1.49. The maximum Gasteiger partial charge on any atom is 0.251 e. The molecule has 0 saturated heterocycles.